The summed E-state index contributed by atoms with van der Waals surface area (Å²) in [6.07, 6.45) is 0.270. The van der Waals surface area contributed by atoms with Gasteiger partial charge in [0.15, 0.2) is 0 Å². The molecule has 0 radical (unpaired) electrons. The summed E-state index contributed by atoms with van der Waals surface area (Å²) in [6.45, 7) is 0.512. The van der Waals surface area contributed by atoms with Crippen molar-refractivity contribution in [3.05, 3.63) is 58.9 Å². The zero-order valence-electron chi connectivity index (χ0n) is 15.6. The Kier molecular flexibility index (Phi) is 5.51. The fourth-order valence-corrected chi connectivity index (χ4v) is 4.51. The van der Waals surface area contributed by atoms with E-state index in [2.05, 4.69) is 15.3 Å². The molecule has 8 heteroatoms. The molecular weight excluding hydrogens is 410 g/mol. The molecule has 0 saturated heterocycles. The quantitative estimate of drug-likeness (QED) is 0.425. The van der Waals surface area contributed by atoms with Crippen molar-refractivity contribution in [2.45, 2.75) is 19.4 Å². The Morgan fingerprint density at radius 3 is 2.83 bits per heavy atom. The zero-order valence-corrected chi connectivity index (χ0v) is 17.2. The van der Waals surface area contributed by atoms with Crippen molar-refractivity contribution in [3.8, 4) is 5.75 Å². The molecule has 0 spiro atoms. The summed E-state index contributed by atoms with van der Waals surface area (Å²) in [5.74, 6) is 0.966. The van der Waals surface area contributed by atoms with Gasteiger partial charge in [-0.25, -0.2) is 9.97 Å². The standard InChI is InChI=1S/C21H18ClN3O3S/c1-28-15-7-6-12(10-14(15)22)11-23-20-19-13-4-2-3-5-16(13)29-21(19)25-17(24-20)8-9-18(26)27/h2-7,10H,8-9,11H2,1H3,(H,26,27)(H,23,24,25). The van der Waals surface area contributed by atoms with Crippen LogP contribution in [0.5, 0.6) is 5.75 Å². The minimum Gasteiger partial charge on any atom is -0.495 e. The number of nitrogens with one attached hydrogen (secondary N) is 1. The number of rotatable bonds is 7. The number of fused-ring (bicyclic) bond motifs is 3. The number of carbonyl (C=O) groups is 1. The number of carboxylic acids is 1. The number of thiophene rings is 1. The molecule has 0 saturated carbocycles. The number of aliphatic carboxylic acids is 1. The van der Waals surface area contributed by atoms with Crippen molar-refractivity contribution in [2.75, 3.05) is 12.4 Å². The Labute approximate surface area is 176 Å². The number of carboxylic acid groups (broad SMARTS) is 1. The Balaban J connectivity index is 1.72. The summed E-state index contributed by atoms with van der Waals surface area (Å²) >= 11 is 7.81. The highest BCUT2D eigenvalue weighted by molar-refractivity contribution is 7.25. The van der Waals surface area contributed by atoms with Crippen molar-refractivity contribution in [3.63, 3.8) is 0 Å². The Hall–Kier alpha value is -2.90. The number of benzene rings is 2. The van der Waals surface area contributed by atoms with Crippen LogP contribution in [0.3, 0.4) is 0 Å². The molecule has 0 aliphatic carbocycles. The molecule has 0 aliphatic heterocycles. The molecule has 4 rings (SSSR count). The predicted octanol–water partition coefficient (Wildman–Crippen LogP) is 5.14. The second kappa shape index (κ2) is 8.23. The molecule has 29 heavy (non-hydrogen) atoms. The average molecular weight is 428 g/mol. The molecule has 0 unspecified atom stereocenters. The monoisotopic (exact) mass is 427 g/mol. The van der Waals surface area contributed by atoms with E-state index in [4.69, 9.17) is 21.4 Å². The van der Waals surface area contributed by atoms with E-state index in [0.29, 0.717) is 29.0 Å². The van der Waals surface area contributed by atoms with Crippen molar-refractivity contribution in [1.82, 2.24) is 9.97 Å². The summed E-state index contributed by atoms with van der Waals surface area (Å²) in [5, 5.41) is 15.0. The van der Waals surface area contributed by atoms with Crippen LogP contribution in [-0.2, 0) is 17.8 Å². The van der Waals surface area contributed by atoms with E-state index >= 15 is 0 Å². The fourth-order valence-electron chi connectivity index (χ4n) is 3.13. The first-order valence-corrected chi connectivity index (χ1v) is 10.2. The number of halogens is 1. The topological polar surface area (TPSA) is 84.3 Å². The molecule has 4 aromatic rings. The van der Waals surface area contributed by atoms with Gasteiger partial charge in [0, 0.05) is 23.1 Å². The maximum atomic E-state index is 11.0. The number of aromatic nitrogens is 2. The number of ether oxygens (including phenoxy) is 1. The van der Waals surface area contributed by atoms with Crippen molar-refractivity contribution < 1.29 is 14.6 Å². The smallest absolute Gasteiger partial charge is 0.303 e. The maximum Gasteiger partial charge on any atom is 0.303 e. The molecule has 0 fully saturated rings. The van der Waals surface area contributed by atoms with Crippen LogP contribution in [0, 0.1) is 0 Å². The number of hydrogen-bond donors (Lipinski definition) is 2. The number of nitrogens with zero attached hydrogens (tertiary/aromatic N) is 2. The SMILES string of the molecule is COc1ccc(CNc2nc(CCC(=O)O)nc3sc4ccccc4c23)cc1Cl. The first-order chi connectivity index (χ1) is 14.0. The lowest BCUT2D eigenvalue weighted by Crippen LogP contribution is -2.07. The summed E-state index contributed by atoms with van der Waals surface area (Å²) in [4.78, 5) is 21.0. The van der Waals surface area contributed by atoms with E-state index < -0.39 is 5.97 Å². The summed E-state index contributed by atoms with van der Waals surface area (Å²) in [5.41, 5.74) is 0.981. The highest BCUT2D eigenvalue weighted by atomic mass is 35.5. The van der Waals surface area contributed by atoms with Gasteiger partial charge in [-0.05, 0) is 23.8 Å². The second-order valence-electron chi connectivity index (χ2n) is 6.48. The summed E-state index contributed by atoms with van der Waals surface area (Å²) < 4.78 is 6.31. The first kappa shape index (κ1) is 19.4. The van der Waals surface area contributed by atoms with Gasteiger partial charge in [0.1, 0.15) is 22.2 Å². The highest BCUT2D eigenvalue weighted by Gasteiger charge is 2.15. The molecule has 6 nitrogen and oxygen atoms in total. The van der Waals surface area contributed by atoms with Gasteiger partial charge in [-0.2, -0.15) is 0 Å². The predicted molar refractivity (Wildman–Crippen MR) is 116 cm³/mol. The van der Waals surface area contributed by atoms with Gasteiger partial charge in [0.05, 0.1) is 23.9 Å². The van der Waals surface area contributed by atoms with Gasteiger partial charge in [0.2, 0.25) is 0 Å². The normalized spacial score (nSPS) is 11.1. The number of aryl methyl sites for hydroxylation is 1. The third-order valence-corrected chi connectivity index (χ3v) is 5.88. The Morgan fingerprint density at radius 2 is 2.07 bits per heavy atom. The van der Waals surface area contributed by atoms with E-state index in [1.54, 1.807) is 18.4 Å². The third-order valence-electron chi connectivity index (χ3n) is 4.52. The summed E-state index contributed by atoms with van der Waals surface area (Å²) in [7, 11) is 1.58. The van der Waals surface area contributed by atoms with Crippen molar-refractivity contribution in [2.24, 2.45) is 0 Å². The van der Waals surface area contributed by atoms with Gasteiger partial charge in [-0.15, -0.1) is 11.3 Å². The van der Waals surface area contributed by atoms with Crippen LogP contribution < -0.4 is 10.1 Å². The van der Waals surface area contributed by atoms with Crippen LogP contribution in [0.15, 0.2) is 42.5 Å². The van der Waals surface area contributed by atoms with E-state index in [9.17, 15) is 4.79 Å². The van der Waals surface area contributed by atoms with Crippen LogP contribution in [-0.4, -0.2) is 28.2 Å². The number of hydrogen-bond acceptors (Lipinski definition) is 6. The van der Waals surface area contributed by atoms with Crippen molar-refractivity contribution in [1.29, 1.82) is 0 Å². The number of methoxy groups -OCH3 is 1. The maximum absolute atomic E-state index is 11.0. The van der Waals surface area contributed by atoms with Gasteiger partial charge in [-0.1, -0.05) is 35.9 Å². The molecule has 2 N–H and O–H groups in total. The molecule has 0 atom stereocenters. The van der Waals surface area contributed by atoms with Gasteiger partial charge in [0.25, 0.3) is 0 Å². The third kappa shape index (κ3) is 4.11. The minimum atomic E-state index is -0.868. The minimum absolute atomic E-state index is 0.00999. The van der Waals surface area contributed by atoms with Gasteiger partial charge < -0.3 is 15.2 Å². The molecular formula is C21H18ClN3O3S. The van der Waals surface area contributed by atoms with Crippen LogP contribution in [0.1, 0.15) is 17.8 Å². The van der Waals surface area contributed by atoms with Crippen LogP contribution in [0.2, 0.25) is 5.02 Å². The second-order valence-corrected chi connectivity index (χ2v) is 7.92. The van der Waals surface area contributed by atoms with Crippen molar-refractivity contribution >= 4 is 55.0 Å². The van der Waals surface area contributed by atoms with E-state index in [1.165, 1.54) is 0 Å². The number of anilines is 1. The molecule has 0 aliphatic rings. The molecule has 2 aromatic carbocycles. The van der Waals surface area contributed by atoms with E-state index in [0.717, 1.165) is 25.9 Å². The Bertz CT molecular complexity index is 1210. The van der Waals surface area contributed by atoms with E-state index in [-0.39, 0.29) is 12.8 Å². The molecule has 2 aromatic heterocycles. The highest BCUT2D eigenvalue weighted by Crippen LogP contribution is 2.36. The molecule has 0 bridgehead atoms. The lowest BCUT2D eigenvalue weighted by Gasteiger charge is -2.11. The van der Waals surface area contributed by atoms with Crippen LogP contribution in [0.4, 0.5) is 5.82 Å². The van der Waals surface area contributed by atoms with Crippen LogP contribution >= 0.6 is 22.9 Å². The zero-order chi connectivity index (χ0) is 20.4. The van der Waals surface area contributed by atoms with Crippen LogP contribution in [0.25, 0.3) is 20.3 Å². The van der Waals surface area contributed by atoms with Gasteiger partial charge >= 0.3 is 5.97 Å². The molecule has 2 heterocycles. The largest absolute Gasteiger partial charge is 0.495 e. The Morgan fingerprint density at radius 1 is 1.24 bits per heavy atom. The molecule has 0 amide bonds. The lowest BCUT2D eigenvalue weighted by atomic mass is 10.2. The van der Waals surface area contributed by atoms with Gasteiger partial charge in [-0.3, -0.25) is 4.79 Å². The molecule has 148 valence electrons. The summed E-state index contributed by atoms with van der Waals surface area (Å²) in [6, 6.07) is 13.7. The lowest BCUT2D eigenvalue weighted by molar-refractivity contribution is -0.137. The van der Waals surface area contributed by atoms with E-state index in [1.807, 2.05) is 42.5 Å². The average Bonchev–Trinajstić information content (AvgIpc) is 3.09. The first-order valence-electron chi connectivity index (χ1n) is 9.01. The fraction of sp³-hybridized carbons (Fsp3) is 0.190.